The van der Waals surface area contributed by atoms with Crippen molar-refractivity contribution in [2.75, 3.05) is 7.11 Å². The van der Waals surface area contributed by atoms with Gasteiger partial charge in [-0.3, -0.25) is 0 Å². The lowest BCUT2D eigenvalue weighted by atomic mass is 10.1. The first-order valence-corrected chi connectivity index (χ1v) is 5.88. The molecule has 0 unspecified atom stereocenters. The molecule has 0 aliphatic carbocycles. The Morgan fingerprint density at radius 2 is 2.09 bits per heavy atom. The molecule has 0 amide bonds. The molecule has 0 radical (unpaired) electrons. The maximum Gasteiger partial charge on any atom is 0.416 e. The molecular formula is C13H10F3N3O3. The maximum absolute atomic E-state index is 12.8. The molecule has 0 fully saturated rings. The van der Waals surface area contributed by atoms with Crippen molar-refractivity contribution in [2.45, 2.75) is 6.18 Å². The standard InChI is InChI=1S/C13H10F3N3O3/c1-22-10-5-8(4-9(6-10)13(14,15)16)12-17-7-19(18-12)3-2-11(20)21/h2-7H,1H3,(H,20,21)/b3-2-. The molecule has 1 aromatic carbocycles. The van der Waals surface area contributed by atoms with E-state index in [1.54, 1.807) is 0 Å². The average Bonchev–Trinajstić information content (AvgIpc) is 2.92. The van der Waals surface area contributed by atoms with Crippen molar-refractivity contribution < 1.29 is 27.8 Å². The zero-order valence-electron chi connectivity index (χ0n) is 11.2. The number of carboxylic acids is 1. The van der Waals surface area contributed by atoms with Crippen molar-refractivity contribution >= 4 is 12.2 Å². The number of halogens is 3. The molecule has 0 saturated carbocycles. The van der Waals surface area contributed by atoms with Crippen molar-refractivity contribution in [1.29, 1.82) is 0 Å². The van der Waals surface area contributed by atoms with Crippen LogP contribution in [0.5, 0.6) is 5.75 Å². The lowest BCUT2D eigenvalue weighted by Crippen LogP contribution is -2.05. The van der Waals surface area contributed by atoms with E-state index in [9.17, 15) is 18.0 Å². The number of carboxylic acid groups (broad SMARTS) is 1. The summed E-state index contributed by atoms with van der Waals surface area (Å²) in [5, 5.41) is 12.4. The molecule has 2 rings (SSSR count). The Kier molecular flexibility index (Phi) is 4.15. The highest BCUT2D eigenvalue weighted by atomic mass is 19.4. The minimum Gasteiger partial charge on any atom is -0.497 e. The van der Waals surface area contributed by atoms with Gasteiger partial charge >= 0.3 is 12.1 Å². The fourth-order valence-corrected chi connectivity index (χ4v) is 1.63. The van der Waals surface area contributed by atoms with Crippen LogP contribution in [0.3, 0.4) is 0 Å². The van der Waals surface area contributed by atoms with Gasteiger partial charge in [-0.25, -0.2) is 14.5 Å². The van der Waals surface area contributed by atoms with Crippen LogP contribution >= 0.6 is 0 Å². The highest BCUT2D eigenvalue weighted by Crippen LogP contribution is 2.34. The molecule has 0 atom stereocenters. The van der Waals surface area contributed by atoms with Crippen LogP contribution in [0.1, 0.15) is 5.56 Å². The number of aliphatic carboxylic acids is 1. The Morgan fingerprint density at radius 1 is 1.36 bits per heavy atom. The predicted molar refractivity (Wildman–Crippen MR) is 70.0 cm³/mol. The number of carbonyl (C=O) groups is 1. The summed E-state index contributed by atoms with van der Waals surface area (Å²) in [6.07, 6.45) is -1.41. The van der Waals surface area contributed by atoms with E-state index in [0.29, 0.717) is 0 Å². The number of aromatic nitrogens is 3. The van der Waals surface area contributed by atoms with Crippen LogP contribution < -0.4 is 4.74 Å². The number of alkyl halides is 3. The van der Waals surface area contributed by atoms with Crippen molar-refractivity contribution in [3.8, 4) is 17.1 Å². The summed E-state index contributed by atoms with van der Waals surface area (Å²) >= 11 is 0. The van der Waals surface area contributed by atoms with Gasteiger partial charge in [0.1, 0.15) is 12.1 Å². The first-order chi connectivity index (χ1) is 10.3. The van der Waals surface area contributed by atoms with Gasteiger partial charge in [0.05, 0.1) is 12.7 Å². The van der Waals surface area contributed by atoms with Gasteiger partial charge in [0.15, 0.2) is 5.82 Å². The monoisotopic (exact) mass is 313 g/mol. The smallest absolute Gasteiger partial charge is 0.416 e. The van der Waals surface area contributed by atoms with Gasteiger partial charge in [-0.15, -0.1) is 5.10 Å². The second-order valence-corrected chi connectivity index (χ2v) is 4.15. The molecule has 2 aromatic rings. The van der Waals surface area contributed by atoms with Crippen molar-refractivity contribution in [3.05, 3.63) is 36.2 Å². The second-order valence-electron chi connectivity index (χ2n) is 4.15. The minimum absolute atomic E-state index is 0.0134. The minimum atomic E-state index is -4.53. The summed E-state index contributed by atoms with van der Waals surface area (Å²) in [5.41, 5.74) is -0.784. The lowest BCUT2D eigenvalue weighted by molar-refractivity contribution is -0.137. The molecule has 1 N–H and O–H groups in total. The zero-order chi connectivity index (χ0) is 16.3. The van der Waals surface area contributed by atoms with E-state index in [-0.39, 0.29) is 17.1 Å². The van der Waals surface area contributed by atoms with Gasteiger partial charge in [0.25, 0.3) is 0 Å². The van der Waals surface area contributed by atoms with Crippen LogP contribution in [0.15, 0.2) is 30.6 Å². The third-order valence-corrected chi connectivity index (χ3v) is 2.61. The molecule has 0 bridgehead atoms. The normalized spacial score (nSPS) is 11.8. The van der Waals surface area contributed by atoms with E-state index in [2.05, 4.69) is 10.1 Å². The zero-order valence-corrected chi connectivity index (χ0v) is 11.2. The Labute approximate surface area is 122 Å². The van der Waals surface area contributed by atoms with Gasteiger partial charge < -0.3 is 9.84 Å². The Morgan fingerprint density at radius 3 is 2.68 bits per heavy atom. The van der Waals surface area contributed by atoms with Gasteiger partial charge in [-0.05, 0) is 18.2 Å². The molecule has 116 valence electrons. The van der Waals surface area contributed by atoms with Crippen LogP contribution in [0.25, 0.3) is 17.6 Å². The van der Waals surface area contributed by atoms with Crippen molar-refractivity contribution in [1.82, 2.24) is 14.8 Å². The number of hydrogen-bond donors (Lipinski definition) is 1. The van der Waals surface area contributed by atoms with Crippen LogP contribution in [-0.4, -0.2) is 33.0 Å². The van der Waals surface area contributed by atoms with Gasteiger partial charge in [-0.2, -0.15) is 13.2 Å². The maximum atomic E-state index is 12.8. The highest BCUT2D eigenvalue weighted by Gasteiger charge is 2.31. The molecule has 1 heterocycles. The van der Waals surface area contributed by atoms with Gasteiger partial charge in [-0.1, -0.05) is 0 Å². The second kappa shape index (κ2) is 5.88. The van der Waals surface area contributed by atoms with Crippen molar-refractivity contribution in [2.24, 2.45) is 0 Å². The predicted octanol–water partition coefficient (Wildman–Crippen LogP) is 2.53. The molecule has 1 aromatic heterocycles. The molecule has 0 aliphatic heterocycles. The van der Waals surface area contributed by atoms with Crippen LogP contribution in [0.4, 0.5) is 13.2 Å². The average molecular weight is 313 g/mol. The first kappa shape index (κ1) is 15.5. The van der Waals surface area contributed by atoms with Crippen LogP contribution in [-0.2, 0) is 11.0 Å². The lowest BCUT2D eigenvalue weighted by Gasteiger charge is -2.10. The van der Waals surface area contributed by atoms with Crippen LogP contribution in [0.2, 0.25) is 0 Å². The third-order valence-electron chi connectivity index (χ3n) is 2.61. The Balaban J connectivity index is 2.42. The topological polar surface area (TPSA) is 77.2 Å². The molecular weight excluding hydrogens is 303 g/mol. The molecule has 0 saturated heterocycles. The summed E-state index contributed by atoms with van der Waals surface area (Å²) in [6, 6.07) is 3.11. The van der Waals surface area contributed by atoms with E-state index >= 15 is 0 Å². The van der Waals surface area contributed by atoms with Gasteiger partial charge in [0, 0.05) is 17.8 Å². The number of ether oxygens (including phenoxy) is 1. The summed E-state index contributed by atoms with van der Waals surface area (Å²) in [7, 11) is 1.25. The van der Waals surface area contributed by atoms with Gasteiger partial charge in [0.2, 0.25) is 0 Å². The van der Waals surface area contributed by atoms with E-state index < -0.39 is 17.7 Å². The number of methoxy groups -OCH3 is 1. The van der Waals surface area contributed by atoms with Crippen molar-refractivity contribution in [3.63, 3.8) is 0 Å². The summed E-state index contributed by atoms with van der Waals surface area (Å²) in [5.74, 6) is -1.15. The quantitative estimate of drug-likeness (QED) is 0.878. The fraction of sp³-hybridized carbons (Fsp3) is 0.154. The SMILES string of the molecule is COc1cc(-c2ncn(/C=C\C(=O)O)n2)cc(C(F)(F)F)c1. The third kappa shape index (κ3) is 3.62. The highest BCUT2D eigenvalue weighted by molar-refractivity contribution is 5.82. The van der Waals surface area contributed by atoms with Crippen LogP contribution in [0, 0.1) is 0 Å². The number of nitrogens with zero attached hydrogens (tertiary/aromatic N) is 3. The molecule has 6 nitrogen and oxygen atoms in total. The summed E-state index contributed by atoms with van der Waals surface area (Å²) < 4.78 is 44.4. The summed E-state index contributed by atoms with van der Waals surface area (Å²) in [4.78, 5) is 14.2. The molecule has 22 heavy (non-hydrogen) atoms. The first-order valence-electron chi connectivity index (χ1n) is 5.88. The molecule has 0 spiro atoms. The van der Waals surface area contributed by atoms with E-state index in [4.69, 9.17) is 9.84 Å². The fourth-order valence-electron chi connectivity index (χ4n) is 1.63. The summed E-state index contributed by atoms with van der Waals surface area (Å²) in [6.45, 7) is 0. The Bertz CT molecular complexity index is 723. The molecule has 9 heteroatoms. The van der Waals surface area contributed by atoms with E-state index in [1.807, 2.05) is 0 Å². The number of rotatable bonds is 4. The largest absolute Gasteiger partial charge is 0.497 e. The number of benzene rings is 1. The van der Waals surface area contributed by atoms with E-state index in [0.717, 1.165) is 29.1 Å². The van der Waals surface area contributed by atoms with E-state index in [1.165, 1.54) is 19.5 Å². The Hall–Kier alpha value is -2.84. The molecule has 0 aliphatic rings. The number of hydrogen-bond acceptors (Lipinski definition) is 4.